The standard InChI is InChI=1S/C15H18S/c1-3-4-8-14-9-10-15(16-14)13-7-5-6-12(2)11-13/h5-7,9-11H,3-4,8H2,1-2H3. The highest BCUT2D eigenvalue weighted by atomic mass is 32.1. The van der Waals surface area contributed by atoms with E-state index >= 15 is 0 Å². The van der Waals surface area contributed by atoms with Crippen molar-refractivity contribution in [2.24, 2.45) is 0 Å². The zero-order valence-corrected chi connectivity index (χ0v) is 10.8. The molecular formula is C15H18S. The molecule has 0 atom stereocenters. The highest BCUT2D eigenvalue weighted by molar-refractivity contribution is 7.15. The largest absolute Gasteiger partial charge is 0.140 e. The average Bonchev–Trinajstić information content (AvgIpc) is 2.75. The van der Waals surface area contributed by atoms with Crippen molar-refractivity contribution in [3.05, 3.63) is 46.8 Å². The Morgan fingerprint density at radius 3 is 2.75 bits per heavy atom. The minimum Gasteiger partial charge on any atom is -0.140 e. The van der Waals surface area contributed by atoms with Gasteiger partial charge in [0.05, 0.1) is 0 Å². The van der Waals surface area contributed by atoms with Crippen molar-refractivity contribution in [3.8, 4) is 10.4 Å². The lowest BCUT2D eigenvalue weighted by molar-refractivity contribution is 0.804. The Morgan fingerprint density at radius 1 is 1.12 bits per heavy atom. The van der Waals surface area contributed by atoms with Crippen LogP contribution in [0, 0.1) is 6.92 Å². The molecule has 2 aromatic rings. The molecule has 0 fully saturated rings. The van der Waals surface area contributed by atoms with E-state index in [0.717, 1.165) is 0 Å². The molecule has 1 heteroatoms. The Morgan fingerprint density at radius 2 is 2.00 bits per heavy atom. The molecule has 0 aliphatic carbocycles. The monoisotopic (exact) mass is 230 g/mol. The van der Waals surface area contributed by atoms with E-state index in [2.05, 4.69) is 50.2 Å². The van der Waals surface area contributed by atoms with Gasteiger partial charge in [0.2, 0.25) is 0 Å². The van der Waals surface area contributed by atoms with Crippen LogP contribution in [0.4, 0.5) is 0 Å². The summed E-state index contributed by atoms with van der Waals surface area (Å²) in [6, 6.07) is 13.3. The minimum absolute atomic E-state index is 1.23. The lowest BCUT2D eigenvalue weighted by Crippen LogP contribution is -1.76. The van der Waals surface area contributed by atoms with E-state index in [1.54, 1.807) is 0 Å². The van der Waals surface area contributed by atoms with E-state index in [-0.39, 0.29) is 0 Å². The topological polar surface area (TPSA) is 0 Å². The fourth-order valence-electron chi connectivity index (χ4n) is 1.82. The fourth-order valence-corrected chi connectivity index (χ4v) is 2.86. The van der Waals surface area contributed by atoms with E-state index in [4.69, 9.17) is 0 Å². The van der Waals surface area contributed by atoms with Gasteiger partial charge in [0.15, 0.2) is 0 Å². The second-order valence-corrected chi connectivity index (χ2v) is 5.41. The lowest BCUT2D eigenvalue weighted by atomic mass is 10.1. The maximum atomic E-state index is 2.28. The Labute approximate surface area is 102 Å². The maximum absolute atomic E-state index is 2.28. The Balaban J connectivity index is 2.18. The molecule has 0 spiro atoms. The summed E-state index contributed by atoms with van der Waals surface area (Å²) in [7, 11) is 0. The molecule has 0 unspecified atom stereocenters. The lowest BCUT2D eigenvalue weighted by Gasteiger charge is -1.98. The van der Waals surface area contributed by atoms with Gasteiger partial charge in [-0.15, -0.1) is 11.3 Å². The zero-order valence-electron chi connectivity index (χ0n) is 9.99. The van der Waals surface area contributed by atoms with Gasteiger partial charge in [-0.2, -0.15) is 0 Å². The van der Waals surface area contributed by atoms with Crippen LogP contribution in [-0.2, 0) is 6.42 Å². The van der Waals surface area contributed by atoms with Crippen molar-refractivity contribution < 1.29 is 0 Å². The summed E-state index contributed by atoms with van der Waals surface area (Å²) in [5.41, 5.74) is 2.69. The fraction of sp³-hybridized carbons (Fsp3) is 0.333. The van der Waals surface area contributed by atoms with Gasteiger partial charge in [0.1, 0.15) is 0 Å². The molecule has 2 rings (SSSR count). The first-order chi connectivity index (χ1) is 7.79. The maximum Gasteiger partial charge on any atom is 0.0345 e. The highest BCUT2D eigenvalue weighted by Gasteiger charge is 2.02. The molecule has 1 aromatic heterocycles. The molecule has 1 heterocycles. The van der Waals surface area contributed by atoms with Gasteiger partial charge in [-0.1, -0.05) is 43.2 Å². The van der Waals surface area contributed by atoms with Gasteiger partial charge in [0.25, 0.3) is 0 Å². The molecule has 0 aliphatic heterocycles. The van der Waals surface area contributed by atoms with E-state index in [1.807, 2.05) is 11.3 Å². The van der Waals surface area contributed by atoms with Gasteiger partial charge < -0.3 is 0 Å². The van der Waals surface area contributed by atoms with E-state index in [1.165, 1.54) is 40.1 Å². The minimum atomic E-state index is 1.23. The molecule has 0 saturated carbocycles. The molecule has 0 nitrogen and oxygen atoms in total. The summed E-state index contributed by atoms with van der Waals surface area (Å²) < 4.78 is 0. The van der Waals surface area contributed by atoms with E-state index in [0.29, 0.717) is 0 Å². The van der Waals surface area contributed by atoms with Crippen LogP contribution in [-0.4, -0.2) is 0 Å². The number of thiophene rings is 1. The molecule has 84 valence electrons. The first-order valence-corrected chi connectivity index (χ1v) is 6.77. The summed E-state index contributed by atoms with van der Waals surface area (Å²) in [5.74, 6) is 0. The Hall–Kier alpha value is -1.08. The van der Waals surface area contributed by atoms with E-state index in [9.17, 15) is 0 Å². The van der Waals surface area contributed by atoms with Gasteiger partial charge in [-0.05, 0) is 37.5 Å². The summed E-state index contributed by atoms with van der Waals surface area (Å²) in [5, 5.41) is 0. The van der Waals surface area contributed by atoms with Crippen LogP contribution in [0.2, 0.25) is 0 Å². The number of benzene rings is 1. The van der Waals surface area contributed by atoms with Gasteiger partial charge in [0, 0.05) is 9.75 Å². The summed E-state index contributed by atoms with van der Waals surface area (Å²) in [4.78, 5) is 2.91. The van der Waals surface area contributed by atoms with Gasteiger partial charge in [-0.25, -0.2) is 0 Å². The van der Waals surface area contributed by atoms with Crippen molar-refractivity contribution in [1.82, 2.24) is 0 Å². The average molecular weight is 230 g/mol. The molecule has 1 aromatic carbocycles. The van der Waals surface area contributed by atoms with Crippen molar-refractivity contribution >= 4 is 11.3 Å². The van der Waals surface area contributed by atoms with Crippen LogP contribution in [0.15, 0.2) is 36.4 Å². The first kappa shape index (κ1) is 11.4. The Bertz CT molecular complexity index is 454. The van der Waals surface area contributed by atoms with Crippen molar-refractivity contribution in [2.75, 3.05) is 0 Å². The number of unbranched alkanes of at least 4 members (excludes halogenated alkanes) is 1. The SMILES string of the molecule is CCCCc1ccc(-c2cccc(C)c2)s1. The van der Waals surface area contributed by atoms with Gasteiger partial charge >= 0.3 is 0 Å². The molecule has 0 N–H and O–H groups in total. The van der Waals surface area contributed by atoms with Crippen LogP contribution in [0.25, 0.3) is 10.4 Å². The Kier molecular flexibility index (Phi) is 3.79. The van der Waals surface area contributed by atoms with Crippen LogP contribution in [0.1, 0.15) is 30.2 Å². The highest BCUT2D eigenvalue weighted by Crippen LogP contribution is 2.29. The molecule has 0 aliphatic rings. The number of rotatable bonds is 4. The first-order valence-electron chi connectivity index (χ1n) is 5.95. The molecular weight excluding hydrogens is 212 g/mol. The summed E-state index contributed by atoms with van der Waals surface area (Å²) in [6.45, 7) is 4.39. The van der Waals surface area contributed by atoms with Crippen molar-refractivity contribution in [2.45, 2.75) is 33.1 Å². The van der Waals surface area contributed by atoms with Crippen molar-refractivity contribution in [3.63, 3.8) is 0 Å². The van der Waals surface area contributed by atoms with Crippen LogP contribution in [0.5, 0.6) is 0 Å². The van der Waals surface area contributed by atoms with Crippen LogP contribution < -0.4 is 0 Å². The molecule has 0 radical (unpaired) electrons. The molecule has 0 bridgehead atoms. The third-order valence-electron chi connectivity index (χ3n) is 2.74. The third-order valence-corrected chi connectivity index (χ3v) is 3.94. The predicted octanol–water partition coefficient (Wildman–Crippen LogP) is 5.07. The van der Waals surface area contributed by atoms with Crippen LogP contribution in [0.3, 0.4) is 0 Å². The third kappa shape index (κ3) is 2.73. The second-order valence-electron chi connectivity index (χ2n) is 4.24. The number of hydrogen-bond donors (Lipinski definition) is 0. The quantitative estimate of drug-likeness (QED) is 0.688. The smallest absolute Gasteiger partial charge is 0.0345 e. The number of hydrogen-bond acceptors (Lipinski definition) is 1. The normalized spacial score (nSPS) is 10.6. The number of aryl methyl sites for hydroxylation is 2. The summed E-state index contributed by atoms with van der Waals surface area (Å²) in [6.07, 6.45) is 3.80. The predicted molar refractivity (Wildman–Crippen MR) is 73.1 cm³/mol. The van der Waals surface area contributed by atoms with Gasteiger partial charge in [-0.3, -0.25) is 0 Å². The summed E-state index contributed by atoms with van der Waals surface area (Å²) >= 11 is 1.93. The molecule has 0 saturated heterocycles. The van der Waals surface area contributed by atoms with Crippen LogP contribution >= 0.6 is 11.3 Å². The second kappa shape index (κ2) is 5.31. The van der Waals surface area contributed by atoms with Crippen molar-refractivity contribution in [1.29, 1.82) is 0 Å². The molecule has 16 heavy (non-hydrogen) atoms. The zero-order chi connectivity index (χ0) is 11.4. The van der Waals surface area contributed by atoms with E-state index < -0.39 is 0 Å². The molecule has 0 amide bonds.